The molecule has 0 bridgehead atoms. The molecule has 1 aromatic carbocycles. The smallest absolute Gasteiger partial charge is 0.326 e. The van der Waals surface area contributed by atoms with Crippen molar-refractivity contribution in [3.8, 4) is 0 Å². The lowest BCUT2D eigenvalue weighted by atomic mass is 10.0. The molecule has 12 heteroatoms. The first-order valence-electron chi connectivity index (χ1n) is 12.3. The van der Waals surface area contributed by atoms with Crippen LogP contribution in [0, 0.1) is 5.92 Å². The minimum absolute atomic E-state index is 0.0317. The predicted molar refractivity (Wildman–Crippen MR) is 136 cm³/mol. The number of carbonyl (C=O) groups is 5. The molecule has 4 unspecified atom stereocenters. The molecule has 1 rings (SSSR count). The Balaban J connectivity index is 2.96. The number of rotatable bonds is 17. The second-order valence-electron chi connectivity index (χ2n) is 9.33. The summed E-state index contributed by atoms with van der Waals surface area (Å²) in [6.45, 7) is 4.05. The van der Waals surface area contributed by atoms with Crippen molar-refractivity contribution < 1.29 is 34.2 Å². The fourth-order valence-corrected chi connectivity index (χ4v) is 3.60. The summed E-state index contributed by atoms with van der Waals surface area (Å²) in [6.07, 6.45) is 1.01. The minimum atomic E-state index is -1.48. The van der Waals surface area contributed by atoms with E-state index in [-0.39, 0.29) is 18.8 Å². The van der Waals surface area contributed by atoms with Gasteiger partial charge in [-0.25, -0.2) is 4.79 Å². The monoisotopic (exact) mass is 521 g/mol. The molecular weight excluding hydrogens is 482 g/mol. The Hall–Kier alpha value is -3.51. The van der Waals surface area contributed by atoms with Crippen molar-refractivity contribution in [1.82, 2.24) is 16.0 Å². The topological polar surface area (TPSA) is 214 Å². The van der Waals surface area contributed by atoms with Gasteiger partial charge in [0.2, 0.25) is 17.7 Å². The number of amides is 3. The summed E-state index contributed by atoms with van der Waals surface area (Å²) >= 11 is 0. The van der Waals surface area contributed by atoms with E-state index >= 15 is 0 Å². The van der Waals surface area contributed by atoms with Gasteiger partial charge in [0.15, 0.2) is 0 Å². The molecular formula is C25H39N5O7. The van der Waals surface area contributed by atoms with E-state index < -0.39 is 60.2 Å². The van der Waals surface area contributed by atoms with Gasteiger partial charge < -0.3 is 37.6 Å². The highest BCUT2D eigenvalue weighted by atomic mass is 16.4. The van der Waals surface area contributed by atoms with E-state index in [1.165, 1.54) is 0 Å². The first kappa shape index (κ1) is 31.5. The highest BCUT2D eigenvalue weighted by Crippen LogP contribution is 2.09. The van der Waals surface area contributed by atoms with Crippen molar-refractivity contribution in [3.05, 3.63) is 35.9 Å². The number of unbranched alkanes of at least 4 members (excludes halogenated alkanes) is 1. The van der Waals surface area contributed by atoms with E-state index in [0.717, 1.165) is 0 Å². The van der Waals surface area contributed by atoms with E-state index in [4.69, 9.17) is 11.5 Å². The maximum absolute atomic E-state index is 13.0. The number of carboxylic acids is 2. The standard InChI is InChI=1S/C25H39N5O7/c1-15(2)12-18(23(34)30-20(25(36)37)13-16-8-4-3-5-9-16)29-24(35)19(14-21(31)32)28-22(33)17(27)10-6-7-11-26/h3-5,8-9,15,17-20H,6-7,10-14,26-27H2,1-2H3,(H,28,33)(H,29,35)(H,30,34)(H,31,32)(H,36,37). The molecule has 206 valence electrons. The van der Waals surface area contributed by atoms with Crippen molar-refractivity contribution in [3.63, 3.8) is 0 Å². The quantitative estimate of drug-likeness (QED) is 0.134. The Bertz CT molecular complexity index is 910. The van der Waals surface area contributed by atoms with Crippen LogP contribution < -0.4 is 27.4 Å². The molecule has 0 aliphatic carbocycles. The fraction of sp³-hybridized carbons (Fsp3) is 0.560. The van der Waals surface area contributed by atoms with E-state index in [2.05, 4.69) is 16.0 Å². The zero-order chi connectivity index (χ0) is 28.0. The Labute approximate surface area is 216 Å². The number of carbonyl (C=O) groups excluding carboxylic acids is 3. The van der Waals surface area contributed by atoms with Crippen molar-refractivity contribution in [2.75, 3.05) is 6.54 Å². The number of nitrogens with one attached hydrogen (secondary N) is 3. The maximum atomic E-state index is 13.0. The van der Waals surface area contributed by atoms with Gasteiger partial charge in [0, 0.05) is 6.42 Å². The average Bonchev–Trinajstić information content (AvgIpc) is 2.82. The van der Waals surface area contributed by atoms with Crippen molar-refractivity contribution >= 4 is 29.7 Å². The summed E-state index contributed by atoms with van der Waals surface area (Å²) in [6, 6.07) is 3.90. The van der Waals surface area contributed by atoms with E-state index in [9.17, 15) is 34.2 Å². The molecule has 0 saturated heterocycles. The summed E-state index contributed by atoms with van der Waals surface area (Å²) in [7, 11) is 0. The average molecular weight is 522 g/mol. The van der Waals surface area contributed by atoms with Gasteiger partial charge in [-0.05, 0) is 37.3 Å². The van der Waals surface area contributed by atoms with E-state index in [1.54, 1.807) is 30.3 Å². The maximum Gasteiger partial charge on any atom is 0.326 e. The highest BCUT2D eigenvalue weighted by molar-refractivity contribution is 5.95. The molecule has 4 atom stereocenters. The molecule has 0 aliphatic rings. The summed E-state index contributed by atoms with van der Waals surface area (Å²) in [4.78, 5) is 61.5. The van der Waals surface area contributed by atoms with Gasteiger partial charge in [-0.15, -0.1) is 0 Å². The van der Waals surface area contributed by atoms with Crippen molar-refractivity contribution in [2.45, 2.75) is 76.5 Å². The van der Waals surface area contributed by atoms with Gasteiger partial charge in [-0.3, -0.25) is 19.2 Å². The van der Waals surface area contributed by atoms with Gasteiger partial charge in [-0.2, -0.15) is 0 Å². The second kappa shape index (κ2) is 16.3. The Morgan fingerprint density at radius 2 is 1.41 bits per heavy atom. The third kappa shape index (κ3) is 12.3. The van der Waals surface area contributed by atoms with Gasteiger partial charge in [-0.1, -0.05) is 50.6 Å². The molecule has 0 heterocycles. The van der Waals surface area contributed by atoms with Gasteiger partial charge in [0.05, 0.1) is 12.5 Å². The zero-order valence-corrected chi connectivity index (χ0v) is 21.3. The van der Waals surface area contributed by atoms with Crippen LogP contribution in [0.2, 0.25) is 0 Å². The molecule has 12 nitrogen and oxygen atoms in total. The number of hydrogen-bond acceptors (Lipinski definition) is 7. The Kier molecular flexibility index (Phi) is 13.9. The van der Waals surface area contributed by atoms with Crippen LogP contribution in [0.15, 0.2) is 30.3 Å². The molecule has 3 amide bonds. The Morgan fingerprint density at radius 3 is 1.95 bits per heavy atom. The summed E-state index contributed by atoms with van der Waals surface area (Å²) in [5.74, 6) is -4.97. The molecule has 0 saturated carbocycles. The van der Waals surface area contributed by atoms with Gasteiger partial charge in [0.1, 0.15) is 18.1 Å². The summed E-state index contributed by atoms with van der Waals surface area (Å²) < 4.78 is 0. The summed E-state index contributed by atoms with van der Waals surface area (Å²) in [5, 5.41) is 26.1. The van der Waals surface area contributed by atoms with Crippen LogP contribution in [0.3, 0.4) is 0 Å². The zero-order valence-electron chi connectivity index (χ0n) is 21.3. The van der Waals surface area contributed by atoms with Crippen LogP contribution >= 0.6 is 0 Å². The molecule has 0 fully saturated rings. The number of aliphatic carboxylic acids is 2. The number of benzene rings is 1. The summed E-state index contributed by atoms with van der Waals surface area (Å²) in [5.41, 5.74) is 12.0. The number of carboxylic acid groups (broad SMARTS) is 2. The van der Waals surface area contributed by atoms with Crippen LogP contribution in [-0.4, -0.2) is 70.6 Å². The van der Waals surface area contributed by atoms with Crippen LogP contribution in [0.25, 0.3) is 0 Å². The molecule has 0 aliphatic heterocycles. The molecule has 0 spiro atoms. The van der Waals surface area contributed by atoms with Crippen LogP contribution in [0.5, 0.6) is 0 Å². The largest absolute Gasteiger partial charge is 0.481 e. The van der Waals surface area contributed by atoms with Crippen LogP contribution in [0.4, 0.5) is 0 Å². The molecule has 0 aromatic heterocycles. The van der Waals surface area contributed by atoms with Crippen LogP contribution in [0.1, 0.15) is 51.5 Å². The van der Waals surface area contributed by atoms with Crippen LogP contribution in [-0.2, 0) is 30.4 Å². The molecule has 9 N–H and O–H groups in total. The first-order valence-corrected chi connectivity index (χ1v) is 12.3. The highest BCUT2D eigenvalue weighted by Gasteiger charge is 2.31. The fourth-order valence-electron chi connectivity index (χ4n) is 3.60. The van der Waals surface area contributed by atoms with E-state index in [1.807, 2.05) is 13.8 Å². The molecule has 1 aromatic rings. The van der Waals surface area contributed by atoms with Gasteiger partial charge in [0.25, 0.3) is 0 Å². The lowest BCUT2D eigenvalue weighted by Gasteiger charge is -2.25. The van der Waals surface area contributed by atoms with E-state index in [0.29, 0.717) is 31.4 Å². The molecule has 37 heavy (non-hydrogen) atoms. The lowest BCUT2D eigenvalue weighted by molar-refractivity contribution is -0.143. The second-order valence-corrected chi connectivity index (χ2v) is 9.33. The molecule has 0 radical (unpaired) electrons. The number of nitrogens with two attached hydrogens (primary N) is 2. The van der Waals surface area contributed by atoms with Gasteiger partial charge >= 0.3 is 11.9 Å². The minimum Gasteiger partial charge on any atom is -0.481 e. The van der Waals surface area contributed by atoms with Crippen molar-refractivity contribution in [1.29, 1.82) is 0 Å². The first-order chi connectivity index (χ1) is 17.4. The third-order valence-electron chi connectivity index (χ3n) is 5.56. The Morgan fingerprint density at radius 1 is 0.838 bits per heavy atom. The predicted octanol–water partition coefficient (Wildman–Crippen LogP) is -0.255. The normalized spacial score (nSPS) is 14.2. The third-order valence-corrected chi connectivity index (χ3v) is 5.56. The lowest BCUT2D eigenvalue weighted by Crippen LogP contribution is -2.57. The van der Waals surface area contributed by atoms with Crippen molar-refractivity contribution in [2.24, 2.45) is 17.4 Å². The SMILES string of the molecule is CC(C)CC(NC(=O)C(CC(=O)O)NC(=O)C(N)CCCCN)C(=O)NC(Cc1ccccc1)C(=O)O. The number of hydrogen-bond donors (Lipinski definition) is 7.